The second kappa shape index (κ2) is 13.0. The zero-order chi connectivity index (χ0) is 35.5. The van der Waals surface area contributed by atoms with Crippen LogP contribution >= 0.6 is 23.2 Å². The van der Waals surface area contributed by atoms with Crippen LogP contribution < -0.4 is 15.9 Å². The molecule has 0 saturated carbocycles. The van der Waals surface area contributed by atoms with Gasteiger partial charge >= 0.3 is 0 Å². The molecule has 1 heterocycles. The molecule has 7 N–H and O–H groups in total. The highest BCUT2D eigenvalue weighted by atomic mass is 35.5. The number of phenolic OH excluding ortho intramolecular Hbond substituents is 2. The number of fused-ring (bicyclic) bond motifs is 3. The molecule has 1 fully saturated rings. The number of ketones is 2. The van der Waals surface area contributed by atoms with E-state index in [0.29, 0.717) is 0 Å². The molecule has 6 atom stereocenters. The summed E-state index contributed by atoms with van der Waals surface area (Å²) in [6.07, 6.45) is -4.71. The van der Waals surface area contributed by atoms with Crippen LogP contribution in [0.1, 0.15) is 86.1 Å². The Labute approximate surface area is 290 Å². The lowest BCUT2D eigenvalue weighted by Gasteiger charge is -2.42. The van der Waals surface area contributed by atoms with Gasteiger partial charge < -0.3 is 40.4 Å². The van der Waals surface area contributed by atoms with Crippen molar-refractivity contribution in [3.05, 3.63) is 85.4 Å². The SMILES string of the molecule is COc1cccc2c1C(=O)c1c(O)c3c(c(O)c1C2=O)C[C@@](O)(/C(C)=N/NC(=O)c1ccc(Cl)c(Cl)c1)C[C@H]3O[C@H]1C[C@@H](N)[C@@H](O)[C@H](C)O1. The quantitative estimate of drug-likeness (QED) is 0.0966. The van der Waals surface area contributed by atoms with E-state index in [1.54, 1.807) is 6.92 Å². The molecule has 0 bridgehead atoms. The largest absolute Gasteiger partial charge is 0.507 e. The number of amides is 1. The summed E-state index contributed by atoms with van der Waals surface area (Å²) in [4.78, 5) is 40.6. The fourth-order valence-corrected chi connectivity index (χ4v) is 6.90. The summed E-state index contributed by atoms with van der Waals surface area (Å²) in [5, 5.41) is 50.4. The number of aromatic hydroxyl groups is 2. The standard InChI is InChI=1S/C34H33Cl2N3O10/c1-13-28(40)20(37)10-23(48-13)49-22-12-34(46,14(2)38-39-33(45)15-7-8-18(35)19(36)9-15)11-17-25(22)32(44)27-26(30(17)42)29(41)16-5-4-6-21(47-3)24(16)31(27)43/h4-9,13,20,22-23,28,40,42,44,46H,10-12,37H2,1-3H3,(H,39,45)/b38-14+/t13-,20+,22+,23-,28-,34-/m0/s1. The average molecular weight is 715 g/mol. The summed E-state index contributed by atoms with van der Waals surface area (Å²) < 4.78 is 17.5. The maximum Gasteiger partial charge on any atom is 0.271 e. The molecule has 0 spiro atoms. The number of ether oxygens (including phenoxy) is 3. The molecule has 258 valence electrons. The molecular weight excluding hydrogens is 681 g/mol. The third-order valence-corrected chi connectivity index (χ3v) is 10.1. The van der Waals surface area contributed by atoms with Gasteiger partial charge in [0.2, 0.25) is 5.78 Å². The molecule has 0 radical (unpaired) electrons. The van der Waals surface area contributed by atoms with E-state index in [4.69, 9.17) is 43.1 Å². The van der Waals surface area contributed by atoms with E-state index in [-0.39, 0.29) is 62.2 Å². The molecule has 1 aliphatic heterocycles. The van der Waals surface area contributed by atoms with Gasteiger partial charge in [0.25, 0.3) is 5.91 Å². The highest BCUT2D eigenvalue weighted by Crippen LogP contribution is 2.52. The highest BCUT2D eigenvalue weighted by Gasteiger charge is 2.49. The average Bonchev–Trinajstić information content (AvgIpc) is 3.06. The van der Waals surface area contributed by atoms with E-state index in [2.05, 4.69) is 10.5 Å². The van der Waals surface area contributed by atoms with E-state index in [9.17, 15) is 34.8 Å². The van der Waals surface area contributed by atoms with E-state index in [1.165, 1.54) is 50.4 Å². The van der Waals surface area contributed by atoms with Crippen LogP contribution in [-0.4, -0.2) is 80.9 Å². The number of nitrogens with one attached hydrogen (secondary N) is 1. The minimum Gasteiger partial charge on any atom is -0.507 e. The Hall–Kier alpha value is -4.08. The third-order valence-electron chi connectivity index (χ3n) is 9.32. The predicted molar refractivity (Wildman–Crippen MR) is 177 cm³/mol. The number of benzene rings is 3. The van der Waals surface area contributed by atoms with Crippen LogP contribution in [0.15, 0.2) is 41.5 Å². The summed E-state index contributed by atoms with van der Waals surface area (Å²) in [6, 6.07) is 7.92. The Morgan fingerprint density at radius 1 is 1.08 bits per heavy atom. The lowest BCUT2D eigenvalue weighted by molar-refractivity contribution is -0.245. The van der Waals surface area contributed by atoms with Gasteiger partial charge in [0.1, 0.15) is 22.8 Å². The van der Waals surface area contributed by atoms with E-state index in [1.807, 2.05) is 0 Å². The van der Waals surface area contributed by atoms with Crippen molar-refractivity contribution in [2.45, 2.75) is 69.4 Å². The summed E-state index contributed by atoms with van der Waals surface area (Å²) in [5.74, 6) is -3.32. The summed E-state index contributed by atoms with van der Waals surface area (Å²) in [6.45, 7) is 3.04. The van der Waals surface area contributed by atoms with Crippen LogP contribution in [0.4, 0.5) is 0 Å². The van der Waals surface area contributed by atoms with Crippen LogP contribution in [0.2, 0.25) is 10.0 Å². The van der Waals surface area contributed by atoms with Crippen molar-refractivity contribution in [1.82, 2.24) is 5.43 Å². The molecule has 0 unspecified atom stereocenters. The molecule has 1 saturated heterocycles. The van der Waals surface area contributed by atoms with Gasteiger partial charge in [0.15, 0.2) is 12.1 Å². The van der Waals surface area contributed by atoms with Gasteiger partial charge in [-0.2, -0.15) is 5.10 Å². The number of hydrogen-bond acceptors (Lipinski definition) is 12. The molecule has 3 aromatic carbocycles. The summed E-state index contributed by atoms with van der Waals surface area (Å²) in [5.41, 5.74) is 5.55. The number of aliphatic hydroxyl groups is 2. The molecule has 15 heteroatoms. The maximum absolute atomic E-state index is 13.9. The van der Waals surface area contributed by atoms with Crippen molar-refractivity contribution >= 4 is 46.4 Å². The van der Waals surface area contributed by atoms with Gasteiger partial charge in [-0.15, -0.1) is 0 Å². The minimum atomic E-state index is -1.94. The van der Waals surface area contributed by atoms with Gasteiger partial charge in [-0.25, -0.2) is 5.43 Å². The molecule has 3 aromatic rings. The predicted octanol–water partition coefficient (Wildman–Crippen LogP) is 3.55. The number of carbonyl (C=O) groups excluding carboxylic acids is 3. The molecule has 49 heavy (non-hydrogen) atoms. The zero-order valence-electron chi connectivity index (χ0n) is 26.5. The lowest BCUT2D eigenvalue weighted by atomic mass is 9.71. The normalized spacial score (nSPS) is 26.4. The Balaban J connectivity index is 1.44. The summed E-state index contributed by atoms with van der Waals surface area (Å²) in [7, 11) is 1.33. The molecule has 3 aliphatic rings. The van der Waals surface area contributed by atoms with Crippen LogP contribution in [0, 0.1) is 0 Å². The number of hydrazone groups is 1. The van der Waals surface area contributed by atoms with Crippen molar-refractivity contribution in [3.8, 4) is 17.2 Å². The second-order valence-corrected chi connectivity index (χ2v) is 13.2. The van der Waals surface area contributed by atoms with Crippen LogP contribution in [0.3, 0.4) is 0 Å². The first-order valence-electron chi connectivity index (χ1n) is 15.3. The van der Waals surface area contributed by atoms with Crippen molar-refractivity contribution in [2.75, 3.05) is 7.11 Å². The number of halogens is 2. The van der Waals surface area contributed by atoms with Crippen LogP contribution in [0.25, 0.3) is 0 Å². The van der Waals surface area contributed by atoms with Crippen molar-refractivity contribution < 1.29 is 49.0 Å². The van der Waals surface area contributed by atoms with Crippen molar-refractivity contribution in [1.29, 1.82) is 0 Å². The molecule has 6 rings (SSSR count). The van der Waals surface area contributed by atoms with E-state index in [0.717, 1.165) is 0 Å². The number of hydrogen-bond donors (Lipinski definition) is 6. The zero-order valence-corrected chi connectivity index (χ0v) is 28.0. The number of methoxy groups -OCH3 is 1. The highest BCUT2D eigenvalue weighted by molar-refractivity contribution is 6.42. The number of nitrogens with two attached hydrogens (primary N) is 1. The fourth-order valence-electron chi connectivity index (χ4n) is 6.61. The first kappa shape index (κ1) is 34.8. The fraction of sp³-hybridized carbons (Fsp3) is 0.353. The number of rotatable bonds is 6. The number of phenols is 2. The molecule has 2 aliphatic carbocycles. The van der Waals surface area contributed by atoms with Gasteiger partial charge in [-0.05, 0) is 38.1 Å². The molecule has 1 amide bonds. The smallest absolute Gasteiger partial charge is 0.271 e. The van der Waals surface area contributed by atoms with Crippen molar-refractivity contribution in [2.24, 2.45) is 10.8 Å². The number of nitrogens with zero attached hydrogens (tertiary/aromatic N) is 1. The van der Waals surface area contributed by atoms with E-state index < -0.39 is 82.8 Å². The second-order valence-electron chi connectivity index (χ2n) is 12.3. The van der Waals surface area contributed by atoms with Gasteiger partial charge in [0, 0.05) is 47.6 Å². The van der Waals surface area contributed by atoms with Gasteiger partial charge in [0.05, 0.1) is 57.9 Å². The first-order valence-corrected chi connectivity index (χ1v) is 16.1. The number of carbonyl (C=O) groups is 3. The topological polar surface area (TPSA) is 210 Å². The molecule has 13 nitrogen and oxygen atoms in total. The monoisotopic (exact) mass is 713 g/mol. The third kappa shape index (κ3) is 5.95. The van der Waals surface area contributed by atoms with Gasteiger partial charge in [-0.1, -0.05) is 35.3 Å². The first-order chi connectivity index (χ1) is 23.2. The molecule has 0 aromatic heterocycles. The maximum atomic E-state index is 13.9. The Morgan fingerprint density at radius 3 is 2.47 bits per heavy atom. The number of aliphatic hydroxyl groups excluding tert-OH is 1. The Morgan fingerprint density at radius 2 is 1.80 bits per heavy atom. The minimum absolute atomic E-state index is 0.0145. The Kier molecular flexibility index (Phi) is 9.22. The Bertz CT molecular complexity index is 1920. The van der Waals surface area contributed by atoms with Crippen LogP contribution in [0.5, 0.6) is 17.2 Å². The van der Waals surface area contributed by atoms with Gasteiger partial charge in [-0.3, -0.25) is 14.4 Å². The summed E-state index contributed by atoms with van der Waals surface area (Å²) >= 11 is 12.0. The lowest BCUT2D eigenvalue weighted by Crippen LogP contribution is -2.52. The van der Waals surface area contributed by atoms with Crippen LogP contribution in [-0.2, 0) is 15.9 Å². The van der Waals surface area contributed by atoms with E-state index >= 15 is 0 Å². The van der Waals surface area contributed by atoms with Crippen molar-refractivity contribution in [3.63, 3.8) is 0 Å². The molecular formula is C34H33Cl2N3O10.